The van der Waals surface area contributed by atoms with E-state index in [1.165, 1.54) is 7.11 Å². The molecule has 0 aromatic rings. The Hall–Kier alpha value is -1.16. The van der Waals surface area contributed by atoms with Gasteiger partial charge in [-0.05, 0) is 6.42 Å². The normalized spacial score (nSPS) is 26.2. The van der Waals surface area contributed by atoms with Gasteiger partial charge in [-0.15, -0.1) is 6.58 Å². The maximum atomic E-state index is 11.3. The minimum Gasteiger partial charge on any atom is -0.469 e. The molecule has 0 aliphatic carbocycles. The van der Waals surface area contributed by atoms with Crippen LogP contribution in [0.25, 0.3) is 0 Å². The van der Waals surface area contributed by atoms with Crippen molar-refractivity contribution in [2.24, 2.45) is 0 Å². The number of rotatable bonds is 4. The monoisotopic (exact) mass is 198 g/mol. The first-order valence-corrected chi connectivity index (χ1v) is 4.55. The van der Waals surface area contributed by atoms with E-state index in [0.29, 0.717) is 12.8 Å². The van der Waals surface area contributed by atoms with Crippen molar-refractivity contribution in [1.82, 2.24) is 0 Å². The zero-order valence-corrected chi connectivity index (χ0v) is 8.19. The van der Waals surface area contributed by atoms with Gasteiger partial charge in [0.25, 0.3) is 0 Å². The van der Waals surface area contributed by atoms with E-state index in [4.69, 9.17) is 4.74 Å². The third kappa shape index (κ3) is 2.67. The molecule has 0 bridgehead atoms. The van der Waals surface area contributed by atoms with Crippen molar-refractivity contribution in [3.8, 4) is 0 Å². The fourth-order valence-electron chi connectivity index (χ4n) is 1.38. The summed E-state index contributed by atoms with van der Waals surface area (Å²) in [4.78, 5) is 22.1. The number of ketones is 1. The number of Topliss-reactive ketones (excluding diaryl/α,β-unsaturated/α-hetero) is 1. The Labute approximate surface area is 82.9 Å². The van der Waals surface area contributed by atoms with Crippen molar-refractivity contribution in [2.45, 2.75) is 31.5 Å². The third-order valence-electron chi connectivity index (χ3n) is 2.20. The second-order valence-electron chi connectivity index (χ2n) is 3.18. The van der Waals surface area contributed by atoms with Crippen LogP contribution in [0, 0.1) is 0 Å². The lowest BCUT2D eigenvalue weighted by Gasteiger charge is -2.08. The number of esters is 1. The van der Waals surface area contributed by atoms with Crippen molar-refractivity contribution >= 4 is 11.8 Å². The summed E-state index contributed by atoms with van der Waals surface area (Å²) in [6.45, 7) is 3.55. The van der Waals surface area contributed by atoms with Crippen molar-refractivity contribution in [1.29, 1.82) is 0 Å². The van der Waals surface area contributed by atoms with Crippen LogP contribution in [0.4, 0.5) is 0 Å². The van der Waals surface area contributed by atoms with E-state index in [-0.39, 0.29) is 24.3 Å². The Morgan fingerprint density at radius 1 is 1.79 bits per heavy atom. The first kappa shape index (κ1) is 10.9. The van der Waals surface area contributed by atoms with E-state index >= 15 is 0 Å². The molecule has 0 aromatic heterocycles. The van der Waals surface area contributed by atoms with Gasteiger partial charge in [0.05, 0.1) is 13.2 Å². The van der Waals surface area contributed by atoms with Crippen molar-refractivity contribution in [3.05, 3.63) is 12.7 Å². The van der Waals surface area contributed by atoms with Crippen LogP contribution in [0.5, 0.6) is 0 Å². The van der Waals surface area contributed by atoms with Crippen molar-refractivity contribution in [2.75, 3.05) is 7.11 Å². The molecule has 78 valence electrons. The average Bonchev–Trinajstić information content (AvgIpc) is 2.55. The molecule has 1 fully saturated rings. The van der Waals surface area contributed by atoms with Gasteiger partial charge in [0, 0.05) is 12.8 Å². The van der Waals surface area contributed by atoms with E-state index in [0.717, 1.165) is 0 Å². The minimum absolute atomic E-state index is 0.0406. The van der Waals surface area contributed by atoms with Gasteiger partial charge in [-0.1, -0.05) is 6.08 Å². The zero-order chi connectivity index (χ0) is 10.6. The molecule has 1 aliphatic rings. The molecule has 0 spiro atoms. The van der Waals surface area contributed by atoms with Crippen LogP contribution in [-0.4, -0.2) is 31.1 Å². The molecular formula is C10H14O4. The highest BCUT2D eigenvalue weighted by molar-refractivity contribution is 5.86. The third-order valence-corrected chi connectivity index (χ3v) is 2.20. The Kier molecular flexibility index (Phi) is 3.83. The highest BCUT2D eigenvalue weighted by atomic mass is 16.5. The molecule has 0 amide bonds. The van der Waals surface area contributed by atoms with Crippen LogP contribution in [0.15, 0.2) is 12.7 Å². The second-order valence-corrected chi connectivity index (χ2v) is 3.18. The average molecular weight is 198 g/mol. The molecular weight excluding hydrogens is 184 g/mol. The van der Waals surface area contributed by atoms with Crippen LogP contribution >= 0.6 is 0 Å². The molecule has 0 N–H and O–H groups in total. The summed E-state index contributed by atoms with van der Waals surface area (Å²) >= 11 is 0. The Bertz CT molecular complexity index is 247. The SMILES string of the molecule is C=C[C@H]1CC(=O)[C@@H](CCC(=O)OC)O1. The Morgan fingerprint density at radius 3 is 3.00 bits per heavy atom. The van der Waals surface area contributed by atoms with E-state index in [1.807, 2.05) is 0 Å². The number of hydrogen-bond acceptors (Lipinski definition) is 4. The number of ether oxygens (including phenoxy) is 2. The first-order valence-electron chi connectivity index (χ1n) is 4.55. The van der Waals surface area contributed by atoms with Crippen molar-refractivity contribution < 1.29 is 19.1 Å². The smallest absolute Gasteiger partial charge is 0.305 e. The molecule has 2 atom stereocenters. The van der Waals surface area contributed by atoms with Gasteiger partial charge in [0.15, 0.2) is 5.78 Å². The van der Waals surface area contributed by atoms with Crippen LogP contribution in [0.2, 0.25) is 0 Å². The highest BCUT2D eigenvalue weighted by Gasteiger charge is 2.31. The summed E-state index contributed by atoms with van der Waals surface area (Å²) in [5.41, 5.74) is 0. The summed E-state index contributed by atoms with van der Waals surface area (Å²) < 4.78 is 9.81. The van der Waals surface area contributed by atoms with E-state index in [1.54, 1.807) is 6.08 Å². The molecule has 4 heteroatoms. The molecule has 0 saturated carbocycles. The highest BCUT2D eigenvalue weighted by Crippen LogP contribution is 2.20. The maximum absolute atomic E-state index is 11.3. The Balaban J connectivity index is 2.35. The number of carbonyl (C=O) groups excluding carboxylic acids is 2. The Morgan fingerprint density at radius 2 is 2.50 bits per heavy atom. The van der Waals surface area contributed by atoms with Crippen LogP contribution in [0.3, 0.4) is 0 Å². The second kappa shape index (κ2) is 4.91. The van der Waals surface area contributed by atoms with Gasteiger partial charge < -0.3 is 9.47 Å². The van der Waals surface area contributed by atoms with Gasteiger partial charge in [-0.2, -0.15) is 0 Å². The summed E-state index contributed by atoms with van der Waals surface area (Å²) in [5, 5.41) is 0. The van der Waals surface area contributed by atoms with Crippen LogP contribution in [0.1, 0.15) is 19.3 Å². The molecule has 1 heterocycles. The fourth-order valence-corrected chi connectivity index (χ4v) is 1.38. The van der Waals surface area contributed by atoms with Gasteiger partial charge in [-0.25, -0.2) is 0 Å². The van der Waals surface area contributed by atoms with Gasteiger partial charge in [0.1, 0.15) is 6.10 Å². The van der Waals surface area contributed by atoms with Gasteiger partial charge >= 0.3 is 5.97 Å². The van der Waals surface area contributed by atoms with E-state index in [2.05, 4.69) is 11.3 Å². The summed E-state index contributed by atoms with van der Waals surface area (Å²) in [6.07, 6.45) is 1.94. The largest absolute Gasteiger partial charge is 0.469 e. The topological polar surface area (TPSA) is 52.6 Å². The van der Waals surface area contributed by atoms with E-state index in [9.17, 15) is 9.59 Å². The predicted molar refractivity (Wildman–Crippen MR) is 49.7 cm³/mol. The molecule has 1 rings (SSSR count). The molecule has 14 heavy (non-hydrogen) atoms. The summed E-state index contributed by atoms with van der Waals surface area (Å²) in [5.74, 6) is -0.276. The van der Waals surface area contributed by atoms with E-state index < -0.39 is 6.10 Å². The molecule has 0 radical (unpaired) electrons. The maximum Gasteiger partial charge on any atom is 0.305 e. The van der Waals surface area contributed by atoms with Gasteiger partial charge in [-0.3, -0.25) is 9.59 Å². The number of methoxy groups -OCH3 is 1. The quantitative estimate of drug-likeness (QED) is 0.496. The molecule has 0 unspecified atom stereocenters. The lowest BCUT2D eigenvalue weighted by molar-refractivity contribution is -0.141. The zero-order valence-electron chi connectivity index (χ0n) is 8.19. The van der Waals surface area contributed by atoms with Gasteiger partial charge in [0.2, 0.25) is 0 Å². The number of carbonyl (C=O) groups is 2. The molecule has 1 aliphatic heterocycles. The van der Waals surface area contributed by atoms with Crippen molar-refractivity contribution in [3.63, 3.8) is 0 Å². The fraction of sp³-hybridized carbons (Fsp3) is 0.600. The lowest BCUT2D eigenvalue weighted by atomic mass is 10.1. The van der Waals surface area contributed by atoms with Crippen LogP contribution < -0.4 is 0 Å². The summed E-state index contributed by atoms with van der Waals surface area (Å²) in [7, 11) is 1.33. The summed E-state index contributed by atoms with van der Waals surface area (Å²) in [6, 6.07) is 0. The molecule has 1 saturated heterocycles. The molecule has 0 aromatic carbocycles. The number of hydrogen-bond donors (Lipinski definition) is 0. The minimum atomic E-state index is -0.461. The standard InChI is InChI=1S/C10H14O4/c1-3-7-6-8(11)9(14-7)4-5-10(12)13-2/h3,7,9H,1,4-6H2,2H3/t7-,9+/m0/s1. The lowest BCUT2D eigenvalue weighted by Crippen LogP contribution is -2.17. The molecule has 4 nitrogen and oxygen atoms in total. The predicted octanol–water partition coefficient (Wildman–Crippen LogP) is 0.852. The van der Waals surface area contributed by atoms with Crippen LogP contribution in [-0.2, 0) is 19.1 Å². The first-order chi connectivity index (χ1) is 6.67.